The first-order chi connectivity index (χ1) is 41.3. The molecular weight excluding hydrogens is 1220 g/mol. The summed E-state index contributed by atoms with van der Waals surface area (Å²) in [5, 5.41) is 43.8. The summed E-state index contributed by atoms with van der Waals surface area (Å²) in [4.78, 5) is 142. The number of nitrogens with two attached hydrogens (primary N) is 1. The number of cyclic esters (lactones) is 2. The van der Waals surface area contributed by atoms with Crippen LogP contribution in [0.5, 0.6) is 5.75 Å². The molecule has 442 valence electrons. The van der Waals surface area contributed by atoms with Crippen LogP contribution in [0.1, 0.15) is 105 Å². The van der Waals surface area contributed by atoms with Crippen molar-refractivity contribution in [3.63, 3.8) is 0 Å². The van der Waals surface area contributed by atoms with E-state index in [9.17, 15) is 48.6 Å². The van der Waals surface area contributed by atoms with E-state index < -0.39 is 108 Å². The number of hydrogen-bond donors (Lipinski definition) is 9. The average molecular weight is 1260 g/mol. The molecule has 8 aromatic rings. The topological polar surface area (TPSA) is 402 Å². The van der Waals surface area contributed by atoms with Crippen LogP contribution in [0, 0.1) is 0 Å². The predicted octanol–water partition coefficient (Wildman–Crippen LogP) is 3.99. The van der Waals surface area contributed by atoms with Gasteiger partial charge in [0.25, 0.3) is 29.5 Å². The third-order valence-electron chi connectivity index (χ3n) is 13.6. The minimum absolute atomic E-state index is 0.0192. The molecule has 6 amide bonds. The van der Waals surface area contributed by atoms with Crippen LogP contribution in [0.25, 0.3) is 49.3 Å². The van der Waals surface area contributed by atoms with Crippen molar-refractivity contribution in [2.75, 3.05) is 20.8 Å². The number of thiazole rings is 5. The second-order valence-electron chi connectivity index (χ2n) is 19.1. The molecule has 0 aliphatic carbocycles. The zero-order valence-corrected chi connectivity index (χ0v) is 49.1. The number of aromatic hydroxyl groups is 1. The Morgan fingerprint density at radius 3 is 2.22 bits per heavy atom. The van der Waals surface area contributed by atoms with Gasteiger partial charge in [0.2, 0.25) is 5.91 Å². The Labute approximate surface area is 503 Å². The van der Waals surface area contributed by atoms with Crippen molar-refractivity contribution in [1.82, 2.24) is 61.5 Å². The number of benzene rings is 1. The van der Waals surface area contributed by atoms with Crippen molar-refractivity contribution in [3.05, 3.63) is 124 Å². The number of rotatable bonds is 7. The summed E-state index contributed by atoms with van der Waals surface area (Å²) in [6.07, 6.45) is -4.61. The number of pyridine rings is 1. The van der Waals surface area contributed by atoms with E-state index in [2.05, 4.69) is 58.1 Å². The highest BCUT2D eigenvalue weighted by atomic mass is 32.1. The number of carbonyl (C=O) groups is 8. The van der Waals surface area contributed by atoms with Gasteiger partial charge < -0.3 is 71.2 Å². The Bertz CT molecular complexity index is 4160. The molecule has 6 atom stereocenters. The zero-order valence-electron chi connectivity index (χ0n) is 45.0. The number of fused-ring (bicyclic) bond motifs is 15. The first kappa shape index (κ1) is 58.5. The Kier molecular flexibility index (Phi) is 16.4. The van der Waals surface area contributed by atoms with E-state index in [0.717, 1.165) is 56.7 Å². The second kappa shape index (κ2) is 24.0. The van der Waals surface area contributed by atoms with E-state index in [1.807, 2.05) is 0 Å². The highest BCUT2D eigenvalue weighted by Gasteiger charge is 2.43. The van der Waals surface area contributed by atoms with E-state index in [4.69, 9.17) is 39.4 Å². The number of carbonyl (C=O) groups excluding carboxylic acids is 8. The van der Waals surface area contributed by atoms with Crippen molar-refractivity contribution >= 4 is 121 Å². The molecule has 7 aromatic heterocycles. The molecule has 28 nitrogen and oxygen atoms in total. The summed E-state index contributed by atoms with van der Waals surface area (Å²) < 4.78 is 29.9. The van der Waals surface area contributed by atoms with Crippen LogP contribution in [-0.4, -0.2) is 138 Å². The van der Waals surface area contributed by atoms with E-state index in [1.54, 1.807) is 23.6 Å². The van der Waals surface area contributed by atoms with Crippen molar-refractivity contribution < 1.29 is 72.3 Å². The lowest BCUT2D eigenvalue weighted by molar-refractivity contribution is -0.170. The number of amides is 6. The summed E-state index contributed by atoms with van der Waals surface area (Å²) in [6.45, 7) is 4.99. The van der Waals surface area contributed by atoms with Crippen LogP contribution >= 0.6 is 56.7 Å². The number of hydrogen-bond acceptors (Lipinski definition) is 26. The van der Waals surface area contributed by atoms with Crippen LogP contribution < -0.4 is 32.3 Å². The molecular formula is C53H45N13O15S5. The fourth-order valence-electron chi connectivity index (χ4n) is 9.17. The third-order valence-corrected chi connectivity index (χ3v) is 18.0. The molecule has 0 radical (unpaired) electrons. The van der Waals surface area contributed by atoms with Crippen molar-refractivity contribution in [2.24, 2.45) is 5.73 Å². The zero-order chi connectivity index (χ0) is 60.8. The van der Waals surface area contributed by atoms with E-state index in [0.29, 0.717) is 16.5 Å². The molecule has 10 N–H and O–H groups in total. The van der Waals surface area contributed by atoms with Gasteiger partial charge in [-0.05, 0) is 31.5 Å². The molecule has 3 aliphatic rings. The maximum Gasteiger partial charge on any atom is 0.355 e. The SMILES string of the molecule is C=C(NC(=O)c1csc(-c2nc3c(cc2O)-c2nc(cs2)C(=O)N[C@@H]([C@@H](C)O)C(=O)N/C(=C(\C)OC)c2nc(cs2)C(=O)N[C@@H]2c4nc(cs4)C(=O)N[C@@H](COC(=O)c4[nH]c5cccc6c5c4CO[C@@H]2[C@H](OC)C(=O)OC6)c2nc-3cs2)n1)C(N)=O. The summed E-state index contributed by atoms with van der Waals surface area (Å²) in [6, 6.07) is 2.07. The van der Waals surface area contributed by atoms with Gasteiger partial charge in [-0.1, -0.05) is 18.7 Å². The largest absolute Gasteiger partial charge is 0.506 e. The van der Waals surface area contributed by atoms with Crippen LogP contribution in [0.15, 0.2) is 69.2 Å². The van der Waals surface area contributed by atoms with Crippen molar-refractivity contribution in [1.29, 1.82) is 0 Å². The number of primary amides is 1. The molecule has 0 spiro atoms. The predicted molar refractivity (Wildman–Crippen MR) is 308 cm³/mol. The number of aromatic amines is 1. The smallest absolute Gasteiger partial charge is 0.355 e. The molecule has 86 heavy (non-hydrogen) atoms. The molecule has 1 aromatic carbocycles. The fraction of sp³-hybridized carbons (Fsp3) is 0.245. The van der Waals surface area contributed by atoms with Crippen molar-refractivity contribution in [3.8, 4) is 38.4 Å². The second-order valence-corrected chi connectivity index (χ2v) is 23.4. The maximum atomic E-state index is 14.7. The quantitative estimate of drug-likeness (QED) is 0.0618. The monoisotopic (exact) mass is 1260 g/mol. The number of nitrogens with zero attached hydrogens (tertiary/aromatic N) is 6. The van der Waals surface area contributed by atoms with E-state index in [-0.39, 0.29) is 99.8 Å². The minimum atomic E-state index is -1.64. The number of H-pyrrole nitrogens is 1. The molecule has 3 aliphatic heterocycles. The van der Waals surface area contributed by atoms with E-state index >= 15 is 0 Å². The number of methoxy groups -OCH3 is 2. The molecule has 0 saturated carbocycles. The highest BCUT2D eigenvalue weighted by Crippen LogP contribution is 2.42. The lowest BCUT2D eigenvalue weighted by Crippen LogP contribution is -2.52. The first-order valence-corrected chi connectivity index (χ1v) is 29.8. The van der Waals surface area contributed by atoms with E-state index in [1.165, 1.54) is 55.7 Å². The summed E-state index contributed by atoms with van der Waals surface area (Å²) >= 11 is 4.69. The van der Waals surface area contributed by atoms with Gasteiger partial charge in [-0.2, -0.15) is 0 Å². The Morgan fingerprint density at radius 1 is 0.802 bits per heavy atom. The van der Waals surface area contributed by atoms with Gasteiger partial charge in [0.1, 0.15) is 125 Å². The third kappa shape index (κ3) is 11.4. The summed E-state index contributed by atoms with van der Waals surface area (Å²) in [5.74, 6) is -7.49. The number of nitrogens with one attached hydrogen (secondary N) is 6. The fourth-order valence-corrected chi connectivity index (χ4v) is 13.4. The number of allylic oxidation sites excluding steroid dienone is 1. The van der Waals surface area contributed by atoms with Gasteiger partial charge in [-0.3, -0.25) is 28.8 Å². The molecule has 0 unspecified atom stereocenters. The lowest BCUT2D eigenvalue weighted by Gasteiger charge is -2.32. The molecule has 33 heteroatoms. The number of aliphatic hydroxyl groups excluding tert-OH is 1. The lowest BCUT2D eigenvalue weighted by atomic mass is 10.0. The number of aromatic nitrogens is 7. The Hall–Kier alpha value is -9.22. The first-order valence-electron chi connectivity index (χ1n) is 25.4. The van der Waals surface area contributed by atoms with Gasteiger partial charge in [-0.25, -0.2) is 39.5 Å². The van der Waals surface area contributed by atoms with Gasteiger partial charge in [0.05, 0.1) is 25.5 Å². The summed E-state index contributed by atoms with van der Waals surface area (Å²) in [7, 11) is 2.55. The van der Waals surface area contributed by atoms with Crippen LogP contribution in [0.3, 0.4) is 0 Å². The standard InChI is InChI=1S/C53H45N13O15S5/c1-18(41(54)69)55-42(70)27-15-85-50(61-27)37-31(68)9-22-35(63-37)26-13-83-48(58-26)25-12-81-52(75)36-23-11-79-39(40(78-5)53(76)80-10-21-7-6-8-24(56-36)32(21)23)38(51-62-28(16-86-51)43(71)57-25)66-45(73)30-17-84-49(60-30)34(20(3)77-4)65-46(74)33(19(2)67)64-44(72)29-14-82-47(22)59-29/h6-9,13-17,19,25,33,38-40,56,67-68H,1,10-12H2,2-5H3,(H2,54,69)(H,55,70)(H,57,71)(H,64,72)(H,65,74)(H,66,73)/b34-20+/t19-,25+,33+,38+,39+,40+/m1/s1. The normalized spacial score (nSPS) is 20.2. The average Bonchev–Trinajstić information content (AvgIpc) is 1.99. The van der Waals surface area contributed by atoms with Crippen LogP contribution in [0.2, 0.25) is 0 Å². The summed E-state index contributed by atoms with van der Waals surface area (Å²) in [5.41, 5.74) is 5.22. The molecule has 11 rings (SSSR count). The Morgan fingerprint density at radius 2 is 1.48 bits per heavy atom. The number of esters is 2. The minimum Gasteiger partial charge on any atom is -0.506 e. The number of aliphatic hydroxyl groups is 1. The van der Waals surface area contributed by atoms with Gasteiger partial charge in [-0.15, -0.1) is 56.7 Å². The molecule has 12 bridgehead atoms. The molecule has 0 fully saturated rings. The molecule has 10 heterocycles. The van der Waals surface area contributed by atoms with Gasteiger partial charge in [0.15, 0.2) is 6.10 Å². The number of ether oxygens (including phenoxy) is 5. The van der Waals surface area contributed by atoms with Gasteiger partial charge in [0, 0.05) is 56.0 Å². The maximum absolute atomic E-state index is 14.7. The molecule has 0 saturated heterocycles. The Balaban J connectivity index is 1.09. The van der Waals surface area contributed by atoms with Crippen LogP contribution in [-0.2, 0) is 51.3 Å². The van der Waals surface area contributed by atoms with Gasteiger partial charge >= 0.3 is 11.9 Å². The highest BCUT2D eigenvalue weighted by molar-refractivity contribution is 7.14. The van der Waals surface area contributed by atoms with Crippen molar-refractivity contribution in [2.45, 2.75) is 63.5 Å². The van der Waals surface area contributed by atoms with Crippen LogP contribution in [0.4, 0.5) is 0 Å².